The fourth-order valence-electron chi connectivity index (χ4n) is 1.73. The molecule has 0 aromatic carbocycles. The Hall–Kier alpha value is -0.0800. The van der Waals surface area contributed by atoms with Gasteiger partial charge in [0.05, 0.1) is 13.2 Å². The average Bonchev–Trinajstić information content (AvgIpc) is 1.88. The van der Waals surface area contributed by atoms with Gasteiger partial charge in [-0.15, -0.1) is 0 Å². The van der Waals surface area contributed by atoms with Crippen molar-refractivity contribution in [1.29, 1.82) is 0 Å². The lowest BCUT2D eigenvalue weighted by molar-refractivity contribution is 0.0238. The van der Waals surface area contributed by atoms with E-state index in [0.29, 0.717) is 12.1 Å². The van der Waals surface area contributed by atoms with E-state index in [9.17, 15) is 0 Å². The van der Waals surface area contributed by atoms with Crippen LogP contribution in [-0.4, -0.2) is 25.3 Å². The largest absolute Gasteiger partial charge is 0.378 e. The fourth-order valence-corrected chi connectivity index (χ4v) is 1.73. The Morgan fingerprint density at radius 3 is 2.33 bits per heavy atom. The second kappa shape index (κ2) is 2.27. The summed E-state index contributed by atoms with van der Waals surface area (Å²) < 4.78 is 5.37. The van der Waals surface area contributed by atoms with Gasteiger partial charge in [0.25, 0.3) is 0 Å². The predicted octanol–water partition coefficient (Wildman–Crippen LogP) is 0.527. The number of ether oxygens (including phenoxy) is 1. The Bertz CT molecular complexity index is 85.1. The molecule has 0 aromatic rings. The fraction of sp³-hybridized carbons (Fsp3) is 1.00. The van der Waals surface area contributed by atoms with Gasteiger partial charge in [0.1, 0.15) is 0 Å². The number of piperidine rings is 1. The lowest BCUT2D eigenvalue weighted by atomic mass is 9.98. The lowest BCUT2D eigenvalue weighted by Gasteiger charge is -2.35. The zero-order valence-electron chi connectivity index (χ0n) is 5.60. The first-order chi connectivity index (χ1) is 4.45. The van der Waals surface area contributed by atoms with Crippen molar-refractivity contribution in [3.05, 3.63) is 0 Å². The van der Waals surface area contributed by atoms with Crippen LogP contribution in [0.15, 0.2) is 0 Å². The SMILES string of the molecule is C1C[C@@H]2COC[C@H](C1)N2. The molecule has 2 heteroatoms. The molecule has 2 saturated heterocycles. The number of rotatable bonds is 0. The summed E-state index contributed by atoms with van der Waals surface area (Å²) in [5.41, 5.74) is 0. The lowest BCUT2D eigenvalue weighted by Crippen LogP contribution is -2.51. The summed E-state index contributed by atoms with van der Waals surface area (Å²) in [5.74, 6) is 0. The first-order valence-electron chi connectivity index (χ1n) is 3.79. The topological polar surface area (TPSA) is 21.3 Å². The van der Waals surface area contributed by atoms with E-state index in [0.717, 1.165) is 13.2 Å². The van der Waals surface area contributed by atoms with Crippen molar-refractivity contribution in [3.8, 4) is 0 Å². The molecule has 0 saturated carbocycles. The van der Waals surface area contributed by atoms with Crippen LogP contribution in [0, 0.1) is 0 Å². The molecule has 0 amide bonds. The monoisotopic (exact) mass is 127 g/mol. The molecule has 2 fully saturated rings. The van der Waals surface area contributed by atoms with Crippen molar-refractivity contribution in [2.75, 3.05) is 13.2 Å². The van der Waals surface area contributed by atoms with Gasteiger partial charge >= 0.3 is 0 Å². The summed E-state index contributed by atoms with van der Waals surface area (Å²) in [7, 11) is 0. The van der Waals surface area contributed by atoms with Crippen LogP contribution in [-0.2, 0) is 4.74 Å². The van der Waals surface area contributed by atoms with Crippen LogP contribution in [0.3, 0.4) is 0 Å². The minimum absolute atomic E-state index is 0.678. The molecule has 52 valence electrons. The Kier molecular flexibility index (Phi) is 1.44. The van der Waals surface area contributed by atoms with Crippen molar-refractivity contribution < 1.29 is 4.74 Å². The van der Waals surface area contributed by atoms with Crippen molar-refractivity contribution in [1.82, 2.24) is 5.32 Å². The number of fused-ring (bicyclic) bond motifs is 2. The molecule has 9 heavy (non-hydrogen) atoms. The molecule has 2 bridgehead atoms. The van der Waals surface area contributed by atoms with Gasteiger partial charge in [-0.2, -0.15) is 0 Å². The van der Waals surface area contributed by atoms with Crippen molar-refractivity contribution in [3.63, 3.8) is 0 Å². The maximum absolute atomic E-state index is 5.37. The summed E-state index contributed by atoms with van der Waals surface area (Å²) in [6.45, 7) is 1.88. The maximum atomic E-state index is 5.37. The van der Waals surface area contributed by atoms with Crippen LogP contribution in [0.1, 0.15) is 19.3 Å². The van der Waals surface area contributed by atoms with Gasteiger partial charge in [0, 0.05) is 12.1 Å². The molecule has 2 rings (SSSR count). The number of morpholine rings is 1. The Labute approximate surface area is 55.6 Å². The molecular weight excluding hydrogens is 114 g/mol. The molecule has 2 aliphatic rings. The highest BCUT2D eigenvalue weighted by molar-refractivity contribution is 4.83. The summed E-state index contributed by atoms with van der Waals surface area (Å²) >= 11 is 0. The highest BCUT2D eigenvalue weighted by Crippen LogP contribution is 2.16. The third kappa shape index (κ3) is 1.10. The third-order valence-corrected chi connectivity index (χ3v) is 2.21. The van der Waals surface area contributed by atoms with Crippen LogP contribution < -0.4 is 5.32 Å². The van der Waals surface area contributed by atoms with Crippen molar-refractivity contribution in [2.45, 2.75) is 31.3 Å². The van der Waals surface area contributed by atoms with Crippen molar-refractivity contribution in [2.24, 2.45) is 0 Å². The molecule has 2 aliphatic heterocycles. The van der Waals surface area contributed by atoms with Gasteiger partial charge in [-0.1, -0.05) is 6.42 Å². The smallest absolute Gasteiger partial charge is 0.0620 e. The molecule has 0 aromatic heterocycles. The Balaban J connectivity index is 1.96. The zero-order valence-corrected chi connectivity index (χ0v) is 5.60. The van der Waals surface area contributed by atoms with E-state index in [2.05, 4.69) is 5.32 Å². The van der Waals surface area contributed by atoms with Crippen LogP contribution in [0.2, 0.25) is 0 Å². The molecule has 0 radical (unpaired) electrons. The molecule has 1 N–H and O–H groups in total. The number of nitrogens with one attached hydrogen (secondary N) is 1. The van der Waals surface area contributed by atoms with Gasteiger partial charge in [-0.3, -0.25) is 0 Å². The average molecular weight is 127 g/mol. The highest BCUT2D eigenvalue weighted by Gasteiger charge is 2.24. The third-order valence-electron chi connectivity index (χ3n) is 2.21. The normalized spacial score (nSPS) is 42.7. The summed E-state index contributed by atoms with van der Waals surface area (Å²) in [5, 5.41) is 3.53. The number of hydrogen-bond acceptors (Lipinski definition) is 2. The van der Waals surface area contributed by atoms with Crippen LogP contribution in [0.5, 0.6) is 0 Å². The zero-order chi connectivity index (χ0) is 6.10. The van der Waals surface area contributed by atoms with Crippen LogP contribution in [0.4, 0.5) is 0 Å². The van der Waals surface area contributed by atoms with Gasteiger partial charge < -0.3 is 10.1 Å². The van der Waals surface area contributed by atoms with Crippen LogP contribution in [0.25, 0.3) is 0 Å². The first kappa shape index (κ1) is 5.69. The van der Waals surface area contributed by atoms with E-state index in [1.807, 2.05) is 0 Å². The summed E-state index contributed by atoms with van der Waals surface area (Å²) in [6, 6.07) is 1.36. The van der Waals surface area contributed by atoms with E-state index in [-0.39, 0.29) is 0 Å². The molecule has 0 unspecified atom stereocenters. The van der Waals surface area contributed by atoms with Crippen molar-refractivity contribution >= 4 is 0 Å². The molecule has 0 aliphatic carbocycles. The predicted molar refractivity (Wildman–Crippen MR) is 35.4 cm³/mol. The summed E-state index contributed by atoms with van der Waals surface area (Å²) in [6.07, 6.45) is 4.03. The van der Waals surface area contributed by atoms with E-state index in [4.69, 9.17) is 4.74 Å². The summed E-state index contributed by atoms with van der Waals surface area (Å²) in [4.78, 5) is 0. The molecule has 0 spiro atoms. The van der Waals surface area contributed by atoms with E-state index in [1.165, 1.54) is 19.3 Å². The van der Waals surface area contributed by atoms with Gasteiger partial charge in [0.15, 0.2) is 0 Å². The molecule has 2 nitrogen and oxygen atoms in total. The minimum Gasteiger partial charge on any atom is -0.378 e. The van der Waals surface area contributed by atoms with E-state index in [1.54, 1.807) is 0 Å². The number of hydrogen-bond donors (Lipinski definition) is 1. The Morgan fingerprint density at radius 1 is 1.11 bits per heavy atom. The molecular formula is C7H13NO. The second-order valence-corrected chi connectivity index (χ2v) is 3.03. The van der Waals surface area contributed by atoms with E-state index >= 15 is 0 Å². The van der Waals surface area contributed by atoms with E-state index < -0.39 is 0 Å². The second-order valence-electron chi connectivity index (χ2n) is 3.03. The Morgan fingerprint density at radius 2 is 1.78 bits per heavy atom. The highest BCUT2D eigenvalue weighted by atomic mass is 16.5. The quantitative estimate of drug-likeness (QED) is 0.512. The minimum atomic E-state index is 0.678. The standard InChI is InChI=1S/C7H13NO/c1-2-6-4-9-5-7(3-1)8-6/h6-8H,1-5H2/t6-,7+. The molecule has 2 atom stereocenters. The molecule has 2 heterocycles. The maximum Gasteiger partial charge on any atom is 0.0620 e. The van der Waals surface area contributed by atoms with Gasteiger partial charge in [-0.25, -0.2) is 0 Å². The first-order valence-corrected chi connectivity index (χ1v) is 3.79. The van der Waals surface area contributed by atoms with Crippen LogP contribution >= 0.6 is 0 Å². The van der Waals surface area contributed by atoms with Gasteiger partial charge in [0.2, 0.25) is 0 Å². The van der Waals surface area contributed by atoms with Gasteiger partial charge in [-0.05, 0) is 12.8 Å².